The van der Waals surface area contributed by atoms with E-state index < -0.39 is 6.04 Å². The van der Waals surface area contributed by atoms with Crippen LogP contribution in [0.4, 0.5) is 0 Å². The molecule has 29 heavy (non-hydrogen) atoms. The van der Waals surface area contributed by atoms with Crippen LogP contribution in [0.1, 0.15) is 21.5 Å². The van der Waals surface area contributed by atoms with Crippen LogP contribution < -0.4 is 5.32 Å². The normalized spacial score (nSPS) is 11.9. The highest BCUT2D eigenvalue weighted by atomic mass is 35.5. The number of amides is 1. The Bertz CT molecular complexity index is 1090. The van der Waals surface area contributed by atoms with Crippen LogP contribution in [-0.2, 0) is 11.3 Å². The molecule has 0 aliphatic rings. The van der Waals surface area contributed by atoms with Gasteiger partial charge in [0.1, 0.15) is 5.01 Å². The topological polar surface area (TPSA) is 59.8 Å². The van der Waals surface area contributed by atoms with Crippen molar-refractivity contribution in [1.29, 1.82) is 0 Å². The Morgan fingerprint density at radius 3 is 2.59 bits per heavy atom. The number of nitrogens with zero attached hydrogens (tertiary/aromatic N) is 3. The SMILES string of the molecule is Cc1sc(CNC(=O)C(c2ccccc2)n2cccn2)nc1-c1ccc(Cl)cc1. The van der Waals surface area contributed by atoms with Gasteiger partial charge in [-0.05, 0) is 30.7 Å². The van der Waals surface area contributed by atoms with Crippen molar-refractivity contribution in [3.8, 4) is 11.3 Å². The lowest BCUT2D eigenvalue weighted by atomic mass is 10.1. The van der Waals surface area contributed by atoms with Gasteiger partial charge >= 0.3 is 0 Å². The zero-order chi connectivity index (χ0) is 20.2. The molecule has 146 valence electrons. The van der Waals surface area contributed by atoms with Gasteiger partial charge in [0.15, 0.2) is 6.04 Å². The smallest absolute Gasteiger partial charge is 0.249 e. The zero-order valence-corrected chi connectivity index (χ0v) is 17.3. The zero-order valence-electron chi connectivity index (χ0n) is 15.7. The molecule has 0 saturated heterocycles. The minimum atomic E-state index is -0.525. The van der Waals surface area contributed by atoms with Gasteiger partial charge in [0.05, 0.1) is 12.2 Å². The number of thiazole rings is 1. The number of aromatic nitrogens is 3. The lowest BCUT2D eigenvalue weighted by Gasteiger charge is -2.17. The molecule has 1 N–H and O–H groups in total. The van der Waals surface area contributed by atoms with Crippen molar-refractivity contribution in [1.82, 2.24) is 20.1 Å². The van der Waals surface area contributed by atoms with E-state index in [1.54, 1.807) is 28.4 Å². The van der Waals surface area contributed by atoms with E-state index in [1.165, 1.54) is 0 Å². The van der Waals surface area contributed by atoms with Crippen molar-refractivity contribution >= 4 is 28.8 Å². The Labute approximate surface area is 178 Å². The maximum Gasteiger partial charge on any atom is 0.249 e. The third kappa shape index (κ3) is 4.39. The first-order valence-corrected chi connectivity index (χ1v) is 10.4. The van der Waals surface area contributed by atoms with Crippen LogP contribution in [0, 0.1) is 6.92 Å². The first-order valence-electron chi connectivity index (χ1n) is 9.16. The highest BCUT2D eigenvalue weighted by Crippen LogP contribution is 2.28. The predicted molar refractivity (Wildman–Crippen MR) is 116 cm³/mol. The molecule has 0 saturated carbocycles. The number of rotatable bonds is 6. The van der Waals surface area contributed by atoms with Crippen molar-refractivity contribution in [2.24, 2.45) is 0 Å². The van der Waals surface area contributed by atoms with Crippen LogP contribution >= 0.6 is 22.9 Å². The standard InChI is InChI=1S/C22H19ClN4OS/c1-15-20(16-8-10-18(23)11-9-16)26-19(29-15)14-24-22(28)21(27-13-5-12-25-27)17-6-3-2-4-7-17/h2-13,21H,14H2,1H3,(H,24,28). The second-order valence-electron chi connectivity index (χ2n) is 6.54. The summed E-state index contributed by atoms with van der Waals surface area (Å²) in [6.45, 7) is 2.39. The van der Waals surface area contributed by atoms with Gasteiger partial charge in [0.25, 0.3) is 0 Å². The summed E-state index contributed by atoms with van der Waals surface area (Å²) in [6, 6.07) is 18.5. The third-order valence-corrected chi connectivity index (χ3v) is 5.75. The Hall–Kier alpha value is -2.96. The van der Waals surface area contributed by atoms with Crippen LogP contribution in [0.5, 0.6) is 0 Å². The molecule has 0 aliphatic carbocycles. The molecular weight excluding hydrogens is 404 g/mol. The van der Waals surface area contributed by atoms with Crippen LogP contribution in [0.3, 0.4) is 0 Å². The number of benzene rings is 2. The van der Waals surface area contributed by atoms with Gasteiger partial charge in [0, 0.05) is 27.9 Å². The average molecular weight is 423 g/mol. The number of hydrogen-bond donors (Lipinski definition) is 1. The number of carbonyl (C=O) groups is 1. The summed E-state index contributed by atoms with van der Waals surface area (Å²) < 4.78 is 1.66. The molecule has 0 radical (unpaired) electrons. The van der Waals surface area contributed by atoms with Gasteiger partial charge in [-0.2, -0.15) is 5.10 Å². The Morgan fingerprint density at radius 1 is 1.14 bits per heavy atom. The molecule has 7 heteroatoms. The number of halogens is 1. The molecule has 4 aromatic rings. The predicted octanol–water partition coefficient (Wildman–Crippen LogP) is 4.87. The van der Waals surface area contributed by atoms with E-state index in [2.05, 4.69) is 10.4 Å². The van der Waals surface area contributed by atoms with Crippen molar-refractivity contribution in [2.45, 2.75) is 19.5 Å². The van der Waals surface area contributed by atoms with Crippen molar-refractivity contribution < 1.29 is 4.79 Å². The molecule has 1 unspecified atom stereocenters. The molecule has 4 rings (SSSR count). The first kappa shape index (κ1) is 19.4. The lowest BCUT2D eigenvalue weighted by Crippen LogP contribution is -2.33. The minimum absolute atomic E-state index is 0.124. The van der Waals surface area contributed by atoms with Gasteiger partial charge in [-0.1, -0.05) is 54.1 Å². The Balaban J connectivity index is 1.51. The summed E-state index contributed by atoms with van der Waals surface area (Å²) >= 11 is 7.56. The summed E-state index contributed by atoms with van der Waals surface area (Å²) in [7, 11) is 0. The second kappa shape index (κ2) is 8.59. The van der Waals surface area contributed by atoms with E-state index in [1.807, 2.05) is 67.6 Å². The van der Waals surface area contributed by atoms with Gasteiger partial charge in [-0.15, -0.1) is 11.3 Å². The van der Waals surface area contributed by atoms with Crippen LogP contribution in [0.15, 0.2) is 73.1 Å². The maximum atomic E-state index is 13.0. The maximum absolute atomic E-state index is 13.0. The molecule has 2 heterocycles. The molecule has 2 aromatic heterocycles. The molecule has 0 aliphatic heterocycles. The third-order valence-electron chi connectivity index (χ3n) is 4.53. The fraction of sp³-hybridized carbons (Fsp3) is 0.136. The number of hydrogen-bond acceptors (Lipinski definition) is 4. The minimum Gasteiger partial charge on any atom is -0.347 e. The molecule has 5 nitrogen and oxygen atoms in total. The summed E-state index contributed by atoms with van der Waals surface area (Å²) in [5.74, 6) is -0.124. The average Bonchev–Trinajstić information content (AvgIpc) is 3.38. The van der Waals surface area contributed by atoms with E-state index in [0.717, 1.165) is 26.7 Å². The Kier molecular flexibility index (Phi) is 5.74. The summed E-state index contributed by atoms with van der Waals surface area (Å²) in [6.07, 6.45) is 3.47. The molecule has 1 atom stereocenters. The van der Waals surface area contributed by atoms with Crippen LogP contribution in [0.25, 0.3) is 11.3 Å². The van der Waals surface area contributed by atoms with Crippen LogP contribution in [0.2, 0.25) is 5.02 Å². The monoisotopic (exact) mass is 422 g/mol. The van der Waals surface area contributed by atoms with Gasteiger partial charge in [0.2, 0.25) is 5.91 Å². The first-order chi connectivity index (χ1) is 14.1. The summed E-state index contributed by atoms with van der Waals surface area (Å²) in [5.41, 5.74) is 2.81. The molecular formula is C22H19ClN4OS. The largest absolute Gasteiger partial charge is 0.347 e. The summed E-state index contributed by atoms with van der Waals surface area (Å²) in [5, 5.41) is 8.83. The fourth-order valence-corrected chi connectivity index (χ4v) is 4.18. The number of aryl methyl sites for hydroxylation is 1. The van der Waals surface area contributed by atoms with Crippen molar-refractivity contribution in [2.75, 3.05) is 0 Å². The van der Waals surface area contributed by atoms with E-state index in [-0.39, 0.29) is 5.91 Å². The van der Waals surface area contributed by atoms with Crippen molar-refractivity contribution in [3.05, 3.63) is 93.5 Å². The summed E-state index contributed by atoms with van der Waals surface area (Å²) in [4.78, 5) is 18.8. The van der Waals surface area contributed by atoms with Gasteiger partial charge in [-0.3, -0.25) is 9.48 Å². The van der Waals surface area contributed by atoms with E-state index in [9.17, 15) is 4.79 Å². The molecule has 0 fully saturated rings. The van der Waals surface area contributed by atoms with Gasteiger partial charge in [-0.25, -0.2) is 4.98 Å². The highest BCUT2D eigenvalue weighted by Gasteiger charge is 2.23. The van der Waals surface area contributed by atoms with Gasteiger partial charge < -0.3 is 5.32 Å². The van der Waals surface area contributed by atoms with Crippen LogP contribution in [-0.4, -0.2) is 20.7 Å². The fourth-order valence-electron chi connectivity index (χ4n) is 3.15. The number of nitrogens with one attached hydrogen (secondary N) is 1. The molecule has 1 amide bonds. The molecule has 2 aromatic carbocycles. The van der Waals surface area contributed by atoms with E-state index >= 15 is 0 Å². The number of carbonyl (C=O) groups excluding carboxylic acids is 1. The molecule has 0 bridgehead atoms. The molecule has 0 spiro atoms. The highest BCUT2D eigenvalue weighted by molar-refractivity contribution is 7.12. The van der Waals surface area contributed by atoms with E-state index in [0.29, 0.717) is 11.6 Å². The Morgan fingerprint density at radius 2 is 1.90 bits per heavy atom. The second-order valence-corrected chi connectivity index (χ2v) is 8.26. The van der Waals surface area contributed by atoms with E-state index in [4.69, 9.17) is 16.6 Å². The van der Waals surface area contributed by atoms with Crippen molar-refractivity contribution in [3.63, 3.8) is 0 Å². The quantitative estimate of drug-likeness (QED) is 0.482. The lowest BCUT2D eigenvalue weighted by molar-refractivity contribution is -0.123.